The molecule has 1 heterocycles. The molecular weight excluding hydrogens is 278 g/mol. The number of ether oxygens (including phenoxy) is 1. The van der Waals surface area contributed by atoms with Gasteiger partial charge in [0.2, 0.25) is 0 Å². The van der Waals surface area contributed by atoms with E-state index in [1.165, 1.54) is 12.1 Å². The van der Waals surface area contributed by atoms with Gasteiger partial charge < -0.3 is 9.84 Å². The summed E-state index contributed by atoms with van der Waals surface area (Å²) in [5.41, 5.74) is 0.924. The highest BCUT2D eigenvalue weighted by molar-refractivity contribution is 5.46. The number of hydrogen-bond acceptors (Lipinski definition) is 4. The molecule has 0 aliphatic heterocycles. The maximum Gasteiger partial charge on any atom is 0.298 e. The Labute approximate surface area is 130 Å². The first-order chi connectivity index (χ1) is 10.7. The normalized spacial score (nSPS) is 8.00. The van der Waals surface area contributed by atoms with E-state index in [-0.39, 0.29) is 5.75 Å². The van der Waals surface area contributed by atoms with Crippen molar-refractivity contribution in [2.45, 2.75) is 0 Å². The molecule has 0 spiro atoms. The number of phenolic OH excluding ortho intramolecular Hbond substituents is 1. The van der Waals surface area contributed by atoms with Crippen molar-refractivity contribution in [2.75, 3.05) is 0 Å². The van der Waals surface area contributed by atoms with Gasteiger partial charge in [-0.05, 0) is 30.3 Å². The first-order valence-corrected chi connectivity index (χ1v) is 6.34. The molecule has 0 amide bonds. The van der Waals surface area contributed by atoms with Crippen LogP contribution in [0.3, 0.4) is 0 Å². The van der Waals surface area contributed by atoms with Crippen molar-refractivity contribution < 1.29 is 14.6 Å². The van der Waals surface area contributed by atoms with Gasteiger partial charge in [0.25, 0.3) is 6.47 Å². The van der Waals surface area contributed by atoms with E-state index >= 15 is 0 Å². The van der Waals surface area contributed by atoms with Gasteiger partial charge in [-0.15, -0.1) is 0 Å². The molecule has 0 saturated heterocycles. The maximum atomic E-state index is 9.78. The number of aromatic nitrogens is 1. The minimum atomic E-state index is 0.0827. The monoisotopic (exact) mass is 297 g/mol. The highest BCUT2D eigenvalue weighted by Crippen LogP contribution is 2.16. The molecule has 2 rings (SSSR count). The Kier molecular flexibility index (Phi) is 11.0. The molecule has 0 fully saturated rings. The number of nitrogens with zero attached hydrogens (tertiary/aromatic N) is 1. The Morgan fingerprint density at radius 2 is 1.77 bits per heavy atom. The van der Waals surface area contributed by atoms with E-state index < -0.39 is 0 Å². The predicted molar refractivity (Wildman–Crippen MR) is 89.5 cm³/mol. The Morgan fingerprint density at radius 1 is 1.05 bits per heavy atom. The van der Waals surface area contributed by atoms with Gasteiger partial charge in [-0.2, -0.15) is 0 Å². The van der Waals surface area contributed by atoms with Crippen molar-refractivity contribution in [3.05, 3.63) is 86.2 Å². The fraction of sp³-hybridized carbons (Fsp3) is 0. The summed E-state index contributed by atoms with van der Waals surface area (Å²) in [4.78, 5) is 13.8. The quantitative estimate of drug-likeness (QED) is 0.684. The Morgan fingerprint density at radius 3 is 2.18 bits per heavy atom. The zero-order chi connectivity index (χ0) is 16.6. The number of carbonyl (C=O) groups excluding carboxylic acids is 1. The molecule has 0 radical (unpaired) electrons. The van der Waals surface area contributed by atoms with E-state index in [1.54, 1.807) is 36.6 Å². The number of phenols is 1. The van der Waals surface area contributed by atoms with Gasteiger partial charge in [0.05, 0.1) is 5.69 Å². The molecule has 1 aromatic heterocycles. The molecule has 0 atom stereocenters. The molecule has 0 unspecified atom stereocenters. The lowest BCUT2D eigenvalue weighted by molar-refractivity contribution is -0.120. The zero-order valence-electron chi connectivity index (χ0n) is 12.3. The van der Waals surface area contributed by atoms with Crippen molar-refractivity contribution >= 4 is 12.5 Å². The second-order valence-electron chi connectivity index (χ2n) is 3.64. The van der Waals surface area contributed by atoms with Crippen LogP contribution in [0.5, 0.6) is 11.5 Å². The third kappa shape index (κ3) is 9.75. The van der Waals surface area contributed by atoms with Crippen LogP contribution in [-0.2, 0) is 4.79 Å². The first-order valence-electron chi connectivity index (χ1n) is 6.34. The molecule has 0 saturated carbocycles. The summed E-state index contributed by atoms with van der Waals surface area (Å²) < 4.78 is 4.45. The van der Waals surface area contributed by atoms with Crippen LogP contribution in [0.15, 0.2) is 80.6 Å². The number of pyridine rings is 1. The number of aromatic hydroxyl groups is 1. The van der Waals surface area contributed by atoms with Crippen LogP contribution in [0.2, 0.25) is 0 Å². The second-order valence-corrected chi connectivity index (χ2v) is 3.64. The second kappa shape index (κ2) is 12.9. The lowest BCUT2D eigenvalue weighted by Gasteiger charge is -1.95. The number of benzene rings is 1. The minimum Gasteiger partial charge on any atom is -0.508 e. The molecular formula is C18H19NO3. The maximum absolute atomic E-state index is 9.78. The third-order valence-corrected chi connectivity index (χ3v) is 2.07. The summed E-state index contributed by atoms with van der Waals surface area (Å²) in [7, 11) is 0. The molecule has 0 aliphatic rings. The molecule has 114 valence electrons. The van der Waals surface area contributed by atoms with Crippen LogP contribution in [0.25, 0.3) is 6.08 Å². The lowest BCUT2D eigenvalue weighted by atomic mass is 10.3. The van der Waals surface area contributed by atoms with E-state index in [0.29, 0.717) is 12.2 Å². The number of carbonyl (C=O) groups is 1. The van der Waals surface area contributed by atoms with Crippen molar-refractivity contribution in [3.63, 3.8) is 0 Å². The SMILES string of the molecule is C=CC=C.C=Cc1ccccn1.O=COc1cccc(O)c1. The average molecular weight is 297 g/mol. The van der Waals surface area contributed by atoms with Gasteiger partial charge in [0.15, 0.2) is 0 Å². The standard InChI is InChI=1S/C7H7N.C7H6O3.C4H6/c1-2-7-5-3-4-6-8-7;8-5-10-7-3-1-2-6(9)4-7;1-3-4-2/h2-6H,1H2;1-5,9H;3-4H,1-2H2. The van der Waals surface area contributed by atoms with Crippen molar-refractivity contribution in [2.24, 2.45) is 0 Å². The number of rotatable bonds is 4. The van der Waals surface area contributed by atoms with Gasteiger partial charge in [-0.1, -0.05) is 44.0 Å². The van der Waals surface area contributed by atoms with Crippen LogP contribution in [0, 0.1) is 0 Å². The summed E-state index contributed by atoms with van der Waals surface area (Å²) >= 11 is 0. The fourth-order valence-electron chi connectivity index (χ4n) is 1.11. The molecule has 0 aliphatic carbocycles. The van der Waals surface area contributed by atoms with E-state index in [2.05, 4.69) is 29.5 Å². The molecule has 1 aromatic carbocycles. The Balaban J connectivity index is 0.000000330. The zero-order valence-corrected chi connectivity index (χ0v) is 12.3. The topological polar surface area (TPSA) is 59.4 Å². The summed E-state index contributed by atoms with van der Waals surface area (Å²) in [6.07, 6.45) is 6.75. The number of allylic oxidation sites excluding steroid dienone is 2. The van der Waals surface area contributed by atoms with Gasteiger partial charge in [0, 0.05) is 12.3 Å². The summed E-state index contributed by atoms with van der Waals surface area (Å²) in [6, 6.07) is 11.7. The third-order valence-electron chi connectivity index (χ3n) is 2.07. The van der Waals surface area contributed by atoms with Gasteiger partial charge in [0.1, 0.15) is 11.5 Å². The lowest BCUT2D eigenvalue weighted by Crippen LogP contribution is -1.86. The van der Waals surface area contributed by atoms with E-state index in [0.717, 1.165) is 5.69 Å². The van der Waals surface area contributed by atoms with Crippen LogP contribution in [0.4, 0.5) is 0 Å². The first kappa shape index (κ1) is 18.9. The Bertz CT molecular complexity index is 574. The van der Waals surface area contributed by atoms with Crippen molar-refractivity contribution in [3.8, 4) is 11.5 Å². The predicted octanol–water partition coefficient (Wildman–Crippen LogP) is 4.01. The summed E-state index contributed by atoms with van der Waals surface area (Å²) in [5.74, 6) is 0.425. The summed E-state index contributed by atoms with van der Waals surface area (Å²) in [6.45, 7) is 10.6. The van der Waals surface area contributed by atoms with Gasteiger partial charge >= 0.3 is 0 Å². The van der Waals surface area contributed by atoms with E-state index in [9.17, 15) is 4.79 Å². The largest absolute Gasteiger partial charge is 0.508 e. The molecule has 0 bridgehead atoms. The highest BCUT2D eigenvalue weighted by atomic mass is 16.5. The van der Waals surface area contributed by atoms with Crippen molar-refractivity contribution in [1.82, 2.24) is 4.98 Å². The highest BCUT2D eigenvalue weighted by Gasteiger charge is 1.91. The number of hydrogen-bond donors (Lipinski definition) is 1. The average Bonchev–Trinajstić information content (AvgIpc) is 2.57. The molecule has 4 heteroatoms. The van der Waals surface area contributed by atoms with Gasteiger partial charge in [-0.3, -0.25) is 9.78 Å². The fourth-order valence-corrected chi connectivity index (χ4v) is 1.11. The smallest absolute Gasteiger partial charge is 0.298 e. The van der Waals surface area contributed by atoms with Gasteiger partial charge in [-0.25, -0.2) is 0 Å². The van der Waals surface area contributed by atoms with Crippen LogP contribution in [-0.4, -0.2) is 16.6 Å². The van der Waals surface area contributed by atoms with Crippen LogP contribution < -0.4 is 4.74 Å². The van der Waals surface area contributed by atoms with Crippen LogP contribution in [0.1, 0.15) is 5.69 Å². The minimum absolute atomic E-state index is 0.0827. The molecule has 4 nitrogen and oxygen atoms in total. The molecule has 22 heavy (non-hydrogen) atoms. The molecule has 1 N–H and O–H groups in total. The van der Waals surface area contributed by atoms with Crippen molar-refractivity contribution in [1.29, 1.82) is 0 Å². The van der Waals surface area contributed by atoms with Crippen LogP contribution >= 0.6 is 0 Å². The van der Waals surface area contributed by atoms with E-state index in [4.69, 9.17) is 5.11 Å². The Hall–Kier alpha value is -3.14. The summed E-state index contributed by atoms with van der Waals surface area (Å²) in [5, 5.41) is 8.84. The molecule has 2 aromatic rings. The van der Waals surface area contributed by atoms with E-state index in [1.807, 2.05) is 18.2 Å².